The zero-order valence-corrected chi connectivity index (χ0v) is 7.07. The smallest absolute Gasteiger partial charge is 0.327 e. The number of nitrogens with two attached hydrogens (primary N) is 1. The summed E-state index contributed by atoms with van der Waals surface area (Å²) in [5.74, 6) is -0.543. The molecule has 0 saturated carbocycles. The van der Waals surface area contributed by atoms with Gasteiger partial charge < -0.3 is 10.5 Å². The van der Waals surface area contributed by atoms with E-state index in [0.29, 0.717) is 5.69 Å². The van der Waals surface area contributed by atoms with E-state index in [4.69, 9.17) is 12.3 Å². The Balaban J connectivity index is 3.25. The van der Waals surface area contributed by atoms with Crippen LogP contribution in [-0.4, -0.2) is 13.1 Å². The molecule has 0 radical (unpaired) electrons. The van der Waals surface area contributed by atoms with Gasteiger partial charge in [0.15, 0.2) is 0 Å². The molecule has 0 fully saturated rings. The van der Waals surface area contributed by atoms with Gasteiger partial charge in [-0.25, -0.2) is 9.64 Å². The molecule has 2 N–H and O–H groups in total. The lowest BCUT2D eigenvalue weighted by molar-refractivity contribution is 0.0602. The highest BCUT2D eigenvalue weighted by Crippen LogP contribution is 2.22. The standard InChI is InChI=1S/C9H8N2O2/c1-11-8-4-3-6(10)5-7(8)9(12)13-2/h3-5H,10H2,2H3. The van der Waals surface area contributed by atoms with E-state index in [0.717, 1.165) is 0 Å². The molecule has 0 aliphatic rings. The predicted octanol–water partition coefficient (Wildman–Crippen LogP) is 1.61. The van der Waals surface area contributed by atoms with Crippen molar-refractivity contribution in [3.05, 3.63) is 35.2 Å². The molecule has 66 valence electrons. The minimum Gasteiger partial charge on any atom is -0.466 e. The Labute approximate surface area is 75.7 Å². The van der Waals surface area contributed by atoms with Crippen molar-refractivity contribution in [2.75, 3.05) is 12.8 Å². The second-order valence-corrected chi connectivity index (χ2v) is 2.38. The number of hydrogen-bond donors (Lipinski definition) is 1. The molecule has 13 heavy (non-hydrogen) atoms. The second kappa shape index (κ2) is 3.59. The summed E-state index contributed by atoms with van der Waals surface area (Å²) in [6.07, 6.45) is 0. The van der Waals surface area contributed by atoms with E-state index in [9.17, 15) is 4.79 Å². The van der Waals surface area contributed by atoms with Crippen LogP contribution < -0.4 is 5.73 Å². The third-order valence-electron chi connectivity index (χ3n) is 1.55. The van der Waals surface area contributed by atoms with Crippen LogP contribution in [0.2, 0.25) is 0 Å². The number of nitrogen functional groups attached to an aromatic ring is 1. The van der Waals surface area contributed by atoms with E-state index in [1.807, 2.05) is 0 Å². The quantitative estimate of drug-likeness (QED) is 0.401. The first-order valence-electron chi connectivity index (χ1n) is 3.54. The first kappa shape index (κ1) is 9.07. The minimum absolute atomic E-state index is 0.206. The van der Waals surface area contributed by atoms with Crippen LogP contribution in [0.4, 0.5) is 11.4 Å². The van der Waals surface area contributed by atoms with Gasteiger partial charge in [-0.15, -0.1) is 0 Å². The van der Waals surface area contributed by atoms with E-state index in [-0.39, 0.29) is 11.3 Å². The van der Waals surface area contributed by atoms with Crippen LogP contribution in [0.1, 0.15) is 10.4 Å². The molecule has 1 aromatic carbocycles. The Hall–Kier alpha value is -2.02. The highest BCUT2D eigenvalue weighted by Gasteiger charge is 2.11. The van der Waals surface area contributed by atoms with Gasteiger partial charge in [0, 0.05) is 5.69 Å². The number of nitrogens with zero attached hydrogens (tertiary/aromatic N) is 1. The molecule has 0 aromatic heterocycles. The molecule has 0 atom stereocenters. The van der Waals surface area contributed by atoms with Crippen molar-refractivity contribution in [2.45, 2.75) is 0 Å². The normalized spacial score (nSPS) is 8.92. The van der Waals surface area contributed by atoms with Crippen LogP contribution in [0, 0.1) is 6.57 Å². The molecular formula is C9H8N2O2. The monoisotopic (exact) mass is 176 g/mol. The maximum absolute atomic E-state index is 11.1. The van der Waals surface area contributed by atoms with Gasteiger partial charge in [-0.1, -0.05) is 6.07 Å². The molecule has 1 rings (SSSR count). The molecule has 0 aliphatic heterocycles. The zero-order valence-electron chi connectivity index (χ0n) is 7.07. The number of ether oxygens (including phenoxy) is 1. The Kier molecular flexibility index (Phi) is 2.50. The highest BCUT2D eigenvalue weighted by molar-refractivity contribution is 5.96. The molecule has 0 spiro atoms. The predicted molar refractivity (Wildman–Crippen MR) is 48.5 cm³/mol. The van der Waals surface area contributed by atoms with Gasteiger partial charge in [0.25, 0.3) is 0 Å². The van der Waals surface area contributed by atoms with Crippen molar-refractivity contribution in [3.63, 3.8) is 0 Å². The average molecular weight is 176 g/mol. The lowest BCUT2D eigenvalue weighted by Gasteiger charge is -2.02. The molecule has 0 unspecified atom stereocenters. The second-order valence-electron chi connectivity index (χ2n) is 2.38. The van der Waals surface area contributed by atoms with E-state index in [1.54, 1.807) is 6.07 Å². The maximum atomic E-state index is 11.1. The minimum atomic E-state index is -0.543. The molecule has 0 bridgehead atoms. The molecule has 4 nitrogen and oxygen atoms in total. The number of carbonyl (C=O) groups excluding carboxylic acids is 1. The fourth-order valence-electron chi connectivity index (χ4n) is 0.925. The van der Waals surface area contributed by atoms with E-state index < -0.39 is 5.97 Å². The number of esters is 1. The maximum Gasteiger partial charge on any atom is 0.327 e. The Morgan fingerprint density at radius 1 is 1.62 bits per heavy atom. The fourth-order valence-corrected chi connectivity index (χ4v) is 0.925. The Bertz CT molecular complexity index is 380. The van der Waals surface area contributed by atoms with Crippen molar-refractivity contribution >= 4 is 17.3 Å². The molecular weight excluding hydrogens is 168 g/mol. The summed E-state index contributed by atoms with van der Waals surface area (Å²) in [5.41, 5.74) is 6.36. The summed E-state index contributed by atoms with van der Waals surface area (Å²) in [7, 11) is 1.26. The summed E-state index contributed by atoms with van der Waals surface area (Å²) < 4.78 is 4.50. The fraction of sp³-hybridized carbons (Fsp3) is 0.111. The molecule has 0 heterocycles. The van der Waals surface area contributed by atoms with Crippen molar-refractivity contribution in [1.29, 1.82) is 0 Å². The van der Waals surface area contributed by atoms with Crippen molar-refractivity contribution in [3.8, 4) is 0 Å². The van der Waals surface area contributed by atoms with E-state index in [1.165, 1.54) is 19.2 Å². The van der Waals surface area contributed by atoms with Crippen molar-refractivity contribution in [2.24, 2.45) is 0 Å². The Morgan fingerprint density at radius 2 is 2.31 bits per heavy atom. The zero-order chi connectivity index (χ0) is 9.84. The third kappa shape index (κ3) is 1.76. The van der Waals surface area contributed by atoms with Gasteiger partial charge >= 0.3 is 5.97 Å². The van der Waals surface area contributed by atoms with Gasteiger partial charge in [-0.05, 0) is 12.1 Å². The van der Waals surface area contributed by atoms with Gasteiger partial charge in [0.1, 0.15) is 0 Å². The van der Waals surface area contributed by atoms with Crippen LogP contribution >= 0.6 is 0 Å². The summed E-state index contributed by atoms with van der Waals surface area (Å²) in [6.45, 7) is 6.80. The van der Waals surface area contributed by atoms with Crippen LogP contribution in [0.15, 0.2) is 18.2 Å². The van der Waals surface area contributed by atoms with Crippen molar-refractivity contribution < 1.29 is 9.53 Å². The topological polar surface area (TPSA) is 56.7 Å². The van der Waals surface area contributed by atoms with E-state index >= 15 is 0 Å². The van der Waals surface area contributed by atoms with Crippen LogP contribution in [0.25, 0.3) is 4.85 Å². The average Bonchev–Trinajstić information content (AvgIpc) is 2.16. The molecule has 4 heteroatoms. The van der Waals surface area contributed by atoms with Crippen molar-refractivity contribution in [1.82, 2.24) is 0 Å². The van der Waals surface area contributed by atoms with Crippen LogP contribution in [-0.2, 0) is 4.74 Å². The summed E-state index contributed by atoms with van der Waals surface area (Å²) in [5, 5.41) is 0. The summed E-state index contributed by atoms with van der Waals surface area (Å²) >= 11 is 0. The SMILES string of the molecule is [C-]#[N+]c1ccc(N)cc1C(=O)OC. The lowest BCUT2D eigenvalue weighted by atomic mass is 10.1. The number of benzene rings is 1. The number of methoxy groups -OCH3 is 1. The van der Waals surface area contributed by atoms with Crippen LogP contribution in [0.3, 0.4) is 0 Å². The first-order valence-corrected chi connectivity index (χ1v) is 3.54. The first-order chi connectivity index (χ1) is 6.19. The van der Waals surface area contributed by atoms with Gasteiger partial charge in [0.05, 0.1) is 19.2 Å². The highest BCUT2D eigenvalue weighted by atomic mass is 16.5. The summed E-state index contributed by atoms with van der Waals surface area (Å²) in [4.78, 5) is 14.3. The number of hydrogen-bond acceptors (Lipinski definition) is 3. The van der Waals surface area contributed by atoms with Crippen LogP contribution in [0.5, 0.6) is 0 Å². The van der Waals surface area contributed by atoms with E-state index in [2.05, 4.69) is 9.58 Å². The number of anilines is 1. The number of rotatable bonds is 1. The third-order valence-corrected chi connectivity index (χ3v) is 1.55. The largest absolute Gasteiger partial charge is 0.466 e. The summed E-state index contributed by atoms with van der Waals surface area (Å²) in [6, 6.07) is 4.49. The Morgan fingerprint density at radius 3 is 2.85 bits per heavy atom. The van der Waals surface area contributed by atoms with Gasteiger partial charge in [-0.3, -0.25) is 0 Å². The van der Waals surface area contributed by atoms with Gasteiger partial charge in [-0.2, -0.15) is 0 Å². The molecule has 0 aliphatic carbocycles. The molecule has 0 saturated heterocycles. The van der Waals surface area contributed by atoms with Gasteiger partial charge in [0.2, 0.25) is 5.69 Å². The lowest BCUT2D eigenvalue weighted by Crippen LogP contribution is -2.02. The number of carbonyl (C=O) groups is 1. The molecule has 0 amide bonds. The molecule has 1 aromatic rings.